The van der Waals surface area contributed by atoms with Crippen molar-refractivity contribution in [3.05, 3.63) is 52.6 Å². The van der Waals surface area contributed by atoms with Crippen LogP contribution >= 0.6 is 15.9 Å². The predicted molar refractivity (Wildman–Crippen MR) is 120 cm³/mol. The molecule has 32 heavy (non-hydrogen) atoms. The van der Waals surface area contributed by atoms with Crippen LogP contribution in [0.2, 0.25) is 0 Å². The summed E-state index contributed by atoms with van der Waals surface area (Å²) in [4.78, 5) is 23.3. The van der Waals surface area contributed by atoms with Gasteiger partial charge in [-0.2, -0.15) is 9.61 Å². The number of ether oxygens (including phenoxy) is 1. The van der Waals surface area contributed by atoms with Crippen molar-refractivity contribution in [2.45, 2.75) is 6.54 Å². The quantitative estimate of drug-likeness (QED) is 0.448. The number of nitrogens with zero attached hydrogens (tertiary/aromatic N) is 5. The molecule has 2 amide bonds. The molecule has 1 saturated heterocycles. The second-order valence-electron chi connectivity index (χ2n) is 7.37. The molecule has 4 heterocycles. The van der Waals surface area contributed by atoms with Crippen LogP contribution in [0.5, 0.6) is 0 Å². The highest BCUT2D eigenvalue weighted by Gasteiger charge is 2.20. The monoisotopic (exact) mass is 499 g/mol. The van der Waals surface area contributed by atoms with Gasteiger partial charge < -0.3 is 20.7 Å². The third-order valence-electron chi connectivity index (χ3n) is 5.35. The maximum Gasteiger partial charge on any atom is 0.317 e. The van der Waals surface area contributed by atoms with Crippen molar-refractivity contribution in [2.75, 3.05) is 32.0 Å². The van der Waals surface area contributed by atoms with Gasteiger partial charge in [0.05, 0.1) is 41.6 Å². The summed E-state index contributed by atoms with van der Waals surface area (Å²) < 4.78 is 21.0. The van der Waals surface area contributed by atoms with Crippen molar-refractivity contribution in [1.82, 2.24) is 29.8 Å². The first kappa shape index (κ1) is 20.6. The molecule has 1 fully saturated rings. The van der Waals surface area contributed by atoms with Crippen molar-refractivity contribution in [1.29, 1.82) is 0 Å². The maximum atomic E-state index is 13.7. The lowest BCUT2D eigenvalue weighted by Gasteiger charge is -2.27. The smallest absolute Gasteiger partial charge is 0.317 e. The summed E-state index contributed by atoms with van der Waals surface area (Å²) in [5.41, 5.74) is 9.48. The van der Waals surface area contributed by atoms with E-state index in [0.717, 1.165) is 5.56 Å². The van der Waals surface area contributed by atoms with Gasteiger partial charge in [-0.25, -0.2) is 14.2 Å². The summed E-state index contributed by atoms with van der Waals surface area (Å²) in [6.45, 7) is 2.32. The van der Waals surface area contributed by atoms with Crippen LogP contribution in [0.25, 0.3) is 27.7 Å². The Morgan fingerprint density at radius 3 is 2.88 bits per heavy atom. The third kappa shape index (κ3) is 3.73. The molecule has 4 aromatic rings. The van der Waals surface area contributed by atoms with Crippen LogP contribution in [-0.2, 0) is 11.3 Å². The van der Waals surface area contributed by atoms with Gasteiger partial charge in [0.15, 0.2) is 5.65 Å². The molecule has 5 rings (SSSR count). The summed E-state index contributed by atoms with van der Waals surface area (Å²) in [6, 6.07) is 6.09. The van der Waals surface area contributed by atoms with E-state index < -0.39 is 0 Å². The number of morpholine rings is 1. The SMILES string of the molecule is Nc1c(Br)c(CNC(=O)N2CCOCC2)nc2c(-c3cnc4ccc(F)cc4c3)cnn12. The number of fused-ring (bicyclic) bond motifs is 2. The van der Waals surface area contributed by atoms with Crippen molar-refractivity contribution in [3.63, 3.8) is 0 Å². The number of benzene rings is 1. The number of hydrogen-bond acceptors (Lipinski definition) is 6. The van der Waals surface area contributed by atoms with Crippen LogP contribution in [0.1, 0.15) is 5.69 Å². The normalized spacial score (nSPS) is 14.2. The van der Waals surface area contributed by atoms with Gasteiger partial charge in [-0.3, -0.25) is 4.98 Å². The molecule has 11 heteroatoms. The molecule has 0 bridgehead atoms. The summed E-state index contributed by atoms with van der Waals surface area (Å²) in [7, 11) is 0. The lowest BCUT2D eigenvalue weighted by molar-refractivity contribution is 0.0531. The molecule has 3 N–H and O–H groups in total. The molecule has 1 aliphatic rings. The molecular weight excluding hydrogens is 481 g/mol. The summed E-state index contributed by atoms with van der Waals surface area (Å²) in [5.74, 6) is 0.0255. The van der Waals surface area contributed by atoms with E-state index in [1.165, 1.54) is 16.6 Å². The molecule has 0 atom stereocenters. The van der Waals surface area contributed by atoms with Gasteiger partial charge in [0.2, 0.25) is 0 Å². The van der Waals surface area contributed by atoms with E-state index >= 15 is 0 Å². The zero-order valence-corrected chi connectivity index (χ0v) is 18.5. The minimum atomic E-state index is -0.332. The van der Waals surface area contributed by atoms with Crippen molar-refractivity contribution >= 4 is 44.3 Å². The van der Waals surface area contributed by atoms with Gasteiger partial charge in [-0.05, 0) is 40.2 Å². The highest BCUT2D eigenvalue weighted by molar-refractivity contribution is 9.10. The maximum absolute atomic E-state index is 13.7. The Kier molecular flexibility index (Phi) is 5.35. The third-order valence-corrected chi connectivity index (χ3v) is 6.21. The van der Waals surface area contributed by atoms with Crippen LogP contribution in [0.3, 0.4) is 0 Å². The molecule has 3 aromatic heterocycles. The van der Waals surface area contributed by atoms with E-state index in [1.807, 2.05) is 6.07 Å². The number of carbonyl (C=O) groups is 1. The first-order valence-electron chi connectivity index (χ1n) is 9.99. The highest BCUT2D eigenvalue weighted by Crippen LogP contribution is 2.30. The number of urea groups is 1. The Hall–Kier alpha value is -3.31. The van der Waals surface area contributed by atoms with Gasteiger partial charge in [-0.15, -0.1) is 0 Å². The molecule has 0 unspecified atom stereocenters. The number of rotatable bonds is 3. The lowest BCUT2D eigenvalue weighted by atomic mass is 10.1. The average Bonchev–Trinajstić information content (AvgIpc) is 3.24. The number of amides is 2. The Bertz CT molecular complexity index is 1340. The van der Waals surface area contributed by atoms with Gasteiger partial charge in [0.1, 0.15) is 11.6 Å². The van der Waals surface area contributed by atoms with E-state index in [0.29, 0.717) is 64.4 Å². The molecule has 1 aromatic carbocycles. The second-order valence-corrected chi connectivity index (χ2v) is 8.16. The van der Waals surface area contributed by atoms with Crippen LogP contribution in [-0.4, -0.2) is 56.8 Å². The number of nitrogens with one attached hydrogen (secondary N) is 1. The number of halogens is 2. The first-order valence-corrected chi connectivity index (χ1v) is 10.8. The minimum Gasteiger partial charge on any atom is -0.383 e. The van der Waals surface area contributed by atoms with E-state index in [4.69, 9.17) is 15.5 Å². The molecular formula is C21H19BrFN7O2. The van der Waals surface area contributed by atoms with Crippen LogP contribution in [0, 0.1) is 5.82 Å². The fourth-order valence-corrected chi connectivity index (χ4v) is 4.05. The Balaban J connectivity index is 1.49. The average molecular weight is 500 g/mol. The number of nitrogens with two attached hydrogens (primary N) is 1. The number of anilines is 1. The second kappa shape index (κ2) is 8.32. The fraction of sp³-hybridized carbons (Fsp3) is 0.238. The molecule has 1 aliphatic heterocycles. The molecule has 0 aliphatic carbocycles. The zero-order valence-electron chi connectivity index (χ0n) is 16.9. The first-order chi connectivity index (χ1) is 15.5. The topological polar surface area (TPSA) is 111 Å². The number of carbonyl (C=O) groups excluding carboxylic acids is 1. The number of aromatic nitrogens is 4. The zero-order chi connectivity index (χ0) is 22.2. The van der Waals surface area contributed by atoms with Crippen molar-refractivity contribution < 1.29 is 13.9 Å². The summed E-state index contributed by atoms with van der Waals surface area (Å²) in [6.07, 6.45) is 3.33. The molecule has 0 spiro atoms. The van der Waals surface area contributed by atoms with E-state index in [2.05, 4.69) is 31.3 Å². The van der Waals surface area contributed by atoms with Crippen molar-refractivity contribution in [3.8, 4) is 11.1 Å². The van der Waals surface area contributed by atoms with Crippen LogP contribution in [0.4, 0.5) is 15.0 Å². The van der Waals surface area contributed by atoms with Gasteiger partial charge in [0.25, 0.3) is 0 Å². The van der Waals surface area contributed by atoms with Crippen LogP contribution < -0.4 is 11.1 Å². The van der Waals surface area contributed by atoms with Gasteiger partial charge in [-0.1, -0.05) is 0 Å². The van der Waals surface area contributed by atoms with Crippen LogP contribution in [0.15, 0.2) is 41.1 Å². The van der Waals surface area contributed by atoms with Gasteiger partial charge >= 0.3 is 6.03 Å². The number of nitrogen functional groups attached to an aromatic ring is 1. The molecule has 164 valence electrons. The Morgan fingerprint density at radius 2 is 2.06 bits per heavy atom. The number of pyridine rings is 1. The largest absolute Gasteiger partial charge is 0.383 e. The van der Waals surface area contributed by atoms with Crippen molar-refractivity contribution in [2.24, 2.45) is 0 Å². The standard InChI is InChI=1S/C21H19BrFN7O2/c22-18-17(11-26-21(31)29-3-5-32-6-4-29)28-20-15(10-27-30(20)19(18)24)13-7-12-8-14(23)1-2-16(12)25-9-13/h1-2,7-10H,3-6,11,24H2,(H,26,31). The van der Waals surface area contributed by atoms with E-state index in [-0.39, 0.29) is 18.4 Å². The Morgan fingerprint density at radius 1 is 1.25 bits per heavy atom. The predicted octanol–water partition coefficient (Wildman–Crippen LogP) is 2.97. The number of hydrogen-bond donors (Lipinski definition) is 2. The Labute approximate surface area is 190 Å². The molecule has 0 saturated carbocycles. The van der Waals surface area contributed by atoms with Gasteiger partial charge in [0, 0.05) is 35.8 Å². The van der Waals surface area contributed by atoms with E-state index in [9.17, 15) is 9.18 Å². The highest BCUT2D eigenvalue weighted by atomic mass is 79.9. The lowest BCUT2D eigenvalue weighted by Crippen LogP contribution is -2.46. The summed E-state index contributed by atoms with van der Waals surface area (Å²) >= 11 is 3.47. The van der Waals surface area contributed by atoms with E-state index in [1.54, 1.807) is 23.4 Å². The summed E-state index contributed by atoms with van der Waals surface area (Å²) in [5, 5.41) is 7.90. The fourth-order valence-electron chi connectivity index (χ4n) is 3.65. The molecule has 0 radical (unpaired) electrons. The minimum absolute atomic E-state index is 0.184. The molecule has 9 nitrogen and oxygen atoms in total.